The van der Waals surface area contributed by atoms with Crippen molar-refractivity contribution in [3.8, 4) is 11.3 Å². The third-order valence-electron chi connectivity index (χ3n) is 11.7. The number of benzene rings is 2. The van der Waals surface area contributed by atoms with Crippen LogP contribution in [0.25, 0.3) is 11.3 Å². The third-order valence-corrected chi connectivity index (χ3v) is 12.2. The highest BCUT2D eigenvalue weighted by Gasteiger charge is 2.46. The summed E-state index contributed by atoms with van der Waals surface area (Å²) in [5.41, 5.74) is 1.08. The zero-order valence-corrected chi connectivity index (χ0v) is 40.7. The smallest absolute Gasteiger partial charge is 0.465 e. The highest BCUT2D eigenvalue weighted by atomic mass is 31.2. The molecular formula is C49H66N7O10P. The number of carbonyl (C=O) groups excluding carboxylic acids is 3. The van der Waals surface area contributed by atoms with Crippen LogP contribution in [-0.2, 0) is 43.7 Å². The molecule has 1 aliphatic rings. The molecule has 5 rings (SSSR count). The number of carboxylic acid groups (broad SMARTS) is 1. The standard InChI is InChI=1S/C49H66N7O10P/c1-47(2,3)41(54(9)46(60)61)43(57)52-36(28-33-21-23-34(24-22-33)37-19-13-14-25-50-37)30-39(66-67(63,64)65)38(29-32-16-11-10-12-17-32)53-44(58)42(48(4,5)6)56-27-26-55(45(56)59)31-35-18-15-20-40(51-35)49(7,8)62/h10-25,36,38-39,41-42,62H,26-31H2,1-9H3,(H,52,57)(H,53,58)(H,60,61)(H2,63,64,65)/t36-,38+,39+,41-,42-/m1/s1. The van der Waals surface area contributed by atoms with Crippen molar-refractivity contribution in [2.45, 2.75) is 117 Å². The van der Waals surface area contributed by atoms with Crippen molar-refractivity contribution < 1.29 is 48.3 Å². The Morgan fingerprint density at radius 3 is 2.01 bits per heavy atom. The molecule has 0 unspecified atom stereocenters. The van der Waals surface area contributed by atoms with Crippen LogP contribution in [0.15, 0.2) is 97.2 Å². The maximum atomic E-state index is 14.9. The Labute approximate surface area is 393 Å². The van der Waals surface area contributed by atoms with E-state index in [0.29, 0.717) is 17.0 Å². The number of aromatic nitrogens is 2. The largest absolute Gasteiger partial charge is 0.469 e. The molecule has 1 aliphatic heterocycles. The number of likely N-dealkylation sites (N-methyl/N-ethyl adjacent to an activating group) is 1. The van der Waals surface area contributed by atoms with Gasteiger partial charge in [-0.3, -0.25) is 29.0 Å². The van der Waals surface area contributed by atoms with Gasteiger partial charge < -0.3 is 40.4 Å². The molecule has 2 aromatic carbocycles. The molecule has 0 bridgehead atoms. The van der Waals surface area contributed by atoms with Gasteiger partial charge in [0.15, 0.2) is 0 Å². The summed E-state index contributed by atoms with van der Waals surface area (Å²) in [4.78, 5) is 89.6. The second kappa shape index (κ2) is 21.5. The van der Waals surface area contributed by atoms with Crippen LogP contribution < -0.4 is 10.6 Å². The zero-order chi connectivity index (χ0) is 49.5. The van der Waals surface area contributed by atoms with Crippen LogP contribution in [0.4, 0.5) is 9.59 Å². The number of phosphoric acid groups is 1. The lowest BCUT2D eigenvalue weighted by molar-refractivity contribution is -0.131. The van der Waals surface area contributed by atoms with Crippen molar-refractivity contribution in [2.24, 2.45) is 10.8 Å². The van der Waals surface area contributed by atoms with E-state index < -0.39 is 78.5 Å². The van der Waals surface area contributed by atoms with Crippen molar-refractivity contribution in [1.82, 2.24) is 35.3 Å². The lowest BCUT2D eigenvalue weighted by Gasteiger charge is -2.39. The fraction of sp³-hybridized carbons (Fsp3) is 0.469. The zero-order valence-electron chi connectivity index (χ0n) is 39.8. The van der Waals surface area contributed by atoms with Crippen LogP contribution in [-0.4, -0.2) is 119 Å². The second-order valence-corrected chi connectivity index (χ2v) is 21.1. The number of rotatable bonds is 19. The molecule has 67 heavy (non-hydrogen) atoms. The summed E-state index contributed by atoms with van der Waals surface area (Å²) in [6.07, 6.45) is -1.20. The quantitative estimate of drug-likeness (QED) is 0.0563. The van der Waals surface area contributed by atoms with Gasteiger partial charge >= 0.3 is 19.9 Å². The lowest BCUT2D eigenvalue weighted by Crippen LogP contribution is -2.59. The summed E-state index contributed by atoms with van der Waals surface area (Å²) in [7, 11) is -4.00. The maximum absolute atomic E-state index is 14.9. The number of carbonyl (C=O) groups is 4. The molecule has 4 aromatic rings. The first-order valence-corrected chi connectivity index (χ1v) is 23.8. The monoisotopic (exact) mass is 943 g/mol. The molecule has 18 heteroatoms. The molecule has 1 saturated heterocycles. The number of pyridine rings is 2. The van der Waals surface area contributed by atoms with Gasteiger partial charge in [-0.1, -0.05) is 108 Å². The van der Waals surface area contributed by atoms with E-state index in [-0.39, 0.29) is 38.9 Å². The third kappa shape index (κ3) is 14.6. The van der Waals surface area contributed by atoms with Gasteiger partial charge in [-0.25, -0.2) is 14.2 Å². The van der Waals surface area contributed by atoms with E-state index >= 15 is 0 Å². The van der Waals surface area contributed by atoms with Crippen LogP contribution in [0.2, 0.25) is 0 Å². The van der Waals surface area contributed by atoms with Crippen molar-refractivity contribution in [1.29, 1.82) is 0 Å². The van der Waals surface area contributed by atoms with E-state index in [9.17, 15) is 43.7 Å². The fourth-order valence-corrected chi connectivity index (χ4v) is 9.19. The van der Waals surface area contributed by atoms with Gasteiger partial charge in [-0.2, -0.15) is 0 Å². The summed E-state index contributed by atoms with van der Waals surface area (Å²) in [5, 5.41) is 26.6. The van der Waals surface area contributed by atoms with E-state index in [0.717, 1.165) is 21.7 Å². The van der Waals surface area contributed by atoms with Gasteiger partial charge in [0.05, 0.1) is 35.8 Å². The number of aliphatic hydroxyl groups is 1. The molecule has 0 saturated carbocycles. The molecule has 0 spiro atoms. The normalized spacial score (nSPS) is 15.9. The highest BCUT2D eigenvalue weighted by Crippen LogP contribution is 2.40. The van der Waals surface area contributed by atoms with Gasteiger partial charge in [-0.15, -0.1) is 0 Å². The molecule has 3 heterocycles. The molecular weight excluding hydrogens is 878 g/mol. The Hall–Kier alpha value is -5.71. The highest BCUT2D eigenvalue weighted by molar-refractivity contribution is 7.46. The Bertz CT molecular complexity index is 2360. The minimum atomic E-state index is -5.30. The molecule has 362 valence electrons. The molecule has 5 atom stereocenters. The Morgan fingerprint density at radius 2 is 1.45 bits per heavy atom. The van der Waals surface area contributed by atoms with E-state index in [4.69, 9.17) is 4.52 Å². The molecule has 2 aromatic heterocycles. The average molecular weight is 944 g/mol. The topological polar surface area (TPSA) is 235 Å². The van der Waals surface area contributed by atoms with Crippen LogP contribution in [0.1, 0.15) is 84.3 Å². The Morgan fingerprint density at radius 1 is 0.806 bits per heavy atom. The molecule has 0 radical (unpaired) electrons. The van der Waals surface area contributed by atoms with Gasteiger partial charge in [0, 0.05) is 37.9 Å². The molecule has 17 nitrogen and oxygen atoms in total. The molecule has 0 aliphatic carbocycles. The molecule has 1 fully saturated rings. The molecule has 5 amide bonds. The minimum Gasteiger partial charge on any atom is -0.465 e. The van der Waals surface area contributed by atoms with Crippen molar-refractivity contribution in [2.75, 3.05) is 20.1 Å². The van der Waals surface area contributed by atoms with Crippen molar-refractivity contribution in [3.05, 3.63) is 120 Å². The Kier molecular flexibility index (Phi) is 16.8. The van der Waals surface area contributed by atoms with Crippen LogP contribution >= 0.6 is 7.82 Å². The van der Waals surface area contributed by atoms with Crippen LogP contribution in [0.3, 0.4) is 0 Å². The summed E-state index contributed by atoms with van der Waals surface area (Å²) in [6.45, 7) is 14.5. The van der Waals surface area contributed by atoms with Crippen molar-refractivity contribution >= 4 is 31.8 Å². The first kappa shape index (κ1) is 52.3. The second-order valence-electron chi connectivity index (χ2n) is 19.9. The van der Waals surface area contributed by atoms with Crippen LogP contribution in [0.5, 0.6) is 0 Å². The summed E-state index contributed by atoms with van der Waals surface area (Å²) >= 11 is 0. The van der Waals surface area contributed by atoms with Crippen molar-refractivity contribution in [3.63, 3.8) is 0 Å². The average Bonchev–Trinajstić information content (AvgIpc) is 3.57. The summed E-state index contributed by atoms with van der Waals surface area (Å²) in [6, 6.07) is 22.5. The number of hydrogen-bond donors (Lipinski definition) is 6. The Balaban J connectivity index is 1.52. The van der Waals surface area contributed by atoms with E-state index in [1.165, 1.54) is 11.9 Å². The number of urea groups is 1. The SMILES string of the molecule is CN(C(=O)O)[C@H](C(=O)N[C@H](Cc1ccc(-c2ccccn2)cc1)C[C@H](OP(=O)(O)O)[C@H](Cc1ccccc1)NC(=O)[C@@H](N1CCN(Cc2cccc(C(C)(C)O)n2)C1=O)C(C)(C)C)C(C)(C)C. The van der Waals surface area contributed by atoms with Gasteiger partial charge in [0.2, 0.25) is 11.8 Å². The maximum Gasteiger partial charge on any atom is 0.469 e. The number of nitrogens with zero attached hydrogens (tertiary/aromatic N) is 5. The number of amides is 5. The molecule has 6 N–H and O–H groups in total. The first-order valence-electron chi connectivity index (χ1n) is 22.3. The summed E-state index contributed by atoms with van der Waals surface area (Å²) in [5.74, 6) is -1.23. The van der Waals surface area contributed by atoms with E-state index in [1.807, 2.05) is 69.3 Å². The first-order chi connectivity index (χ1) is 31.2. The van der Waals surface area contributed by atoms with E-state index in [2.05, 4.69) is 20.6 Å². The minimum absolute atomic E-state index is 0.0310. The number of nitrogens with one attached hydrogen (secondary N) is 2. The number of hydrogen-bond acceptors (Lipinski definition) is 9. The lowest BCUT2D eigenvalue weighted by atomic mass is 9.84. The van der Waals surface area contributed by atoms with Gasteiger partial charge in [-0.05, 0) is 79.3 Å². The fourth-order valence-electron chi connectivity index (χ4n) is 8.60. The number of phosphoric ester groups is 1. The predicted molar refractivity (Wildman–Crippen MR) is 253 cm³/mol. The van der Waals surface area contributed by atoms with E-state index in [1.54, 1.807) is 88.2 Å². The van der Waals surface area contributed by atoms with Gasteiger partial charge in [0.25, 0.3) is 0 Å². The predicted octanol–water partition coefficient (Wildman–Crippen LogP) is 6.37. The van der Waals surface area contributed by atoms with Crippen LogP contribution in [0, 0.1) is 10.8 Å². The summed E-state index contributed by atoms with van der Waals surface area (Å²) < 4.78 is 18.6. The van der Waals surface area contributed by atoms with Gasteiger partial charge in [0.1, 0.15) is 17.7 Å².